The fourth-order valence-corrected chi connectivity index (χ4v) is 1.13. The normalized spacial score (nSPS) is 11.6. The molecule has 0 fully saturated rings. The minimum Gasteiger partial charge on any atom is -0.444 e. The second-order valence-electron chi connectivity index (χ2n) is 4.88. The van der Waals surface area contributed by atoms with E-state index in [4.69, 9.17) is 4.74 Å². The number of nitrogens with one attached hydrogen (secondary N) is 1. The van der Waals surface area contributed by atoms with E-state index in [1.165, 1.54) is 0 Å². The molecule has 0 unspecified atom stereocenters. The average molecular weight is 249 g/mol. The van der Waals surface area contributed by atoms with Crippen LogP contribution in [0.2, 0.25) is 0 Å². The first-order valence-electron chi connectivity index (χ1n) is 5.80. The van der Waals surface area contributed by atoms with Gasteiger partial charge in [0, 0.05) is 6.54 Å². The van der Waals surface area contributed by atoms with E-state index in [2.05, 4.69) is 15.5 Å². The third-order valence-corrected chi connectivity index (χ3v) is 1.87. The molecule has 0 saturated heterocycles. The summed E-state index contributed by atoms with van der Waals surface area (Å²) in [7, 11) is 0. The molecule has 5 heteroatoms. The molecule has 0 aliphatic rings. The number of carbonyl (C=O) groups is 1. The fraction of sp³-hybridized carbons (Fsp3) is 0.462. The number of ether oxygens (including phenoxy) is 1. The SMILES string of the molecule is Cc1ccc(C=CCNC(=O)OC(C)(C)C)nn1. The van der Waals surface area contributed by atoms with Gasteiger partial charge in [-0.25, -0.2) is 4.79 Å². The molecule has 0 spiro atoms. The first-order chi connectivity index (χ1) is 8.37. The molecular weight excluding hydrogens is 230 g/mol. The third kappa shape index (κ3) is 5.98. The first-order valence-corrected chi connectivity index (χ1v) is 5.80. The molecule has 0 atom stereocenters. The molecule has 1 aromatic rings. The molecule has 0 aliphatic heterocycles. The van der Waals surface area contributed by atoms with Gasteiger partial charge in [-0.3, -0.25) is 0 Å². The average Bonchev–Trinajstić information content (AvgIpc) is 2.24. The molecule has 0 saturated carbocycles. The molecule has 18 heavy (non-hydrogen) atoms. The van der Waals surface area contributed by atoms with E-state index >= 15 is 0 Å². The van der Waals surface area contributed by atoms with Gasteiger partial charge in [0.2, 0.25) is 0 Å². The van der Waals surface area contributed by atoms with E-state index in [1.807, 2.05) is 39.8 Å². The predicted molar refractivity (Wildman–Crippen MR) is 70.0 cm³/mol. The largest absolute Gasteiger partial charge is 0.444 e. The van der Waals surface area contributed by atoms with Gasteiger partial charge < -0.3 is 10.1 Å². The summed E-state index contributed by atoms with van der Waals surface area (Å²) in [5, 5.41) is 10.5. The summed E-state index contributed by atoms with van der Waals surface area (Å²) in [4.78, 5) is 11.3. The zero-order valence-corrected chi connectivity index (χ0v) is 11.2. The van der Waals surface area contributed by atoms with Crippen LogP contribution in [0, 0.1) is 6.92 Å². The lowest BCUT2D eigenvalue weighted by atomic mass is 10.2. The highest BCUT2D eigenvalue weighted by Gasteiger charge is 2.14. The lowest BCUT2D eigenvalue weighted by Crippen LogP contribution is -2.32. The van der Waals surface area contributed by atoms with Gasteiger partial charge in [0.15, 0.2) is 0 Å². The molecule has 0 bridgehead atoms. The van der Waals surface area contributed by atoms with E-state index in [-0.39, 0.29) is 0 Å². The number of carbonyl (C=O) groups excluding carboxylic acids is 1. The zero-order valence-electron chi connectivity index (χ0n) is 11.2. The van der Waals surface area contributed by atoms with Crippen LogP contribution in [0.15, 0.2) is 18.2 Å². The van der Waals surface area contributed by atoms with Gasteiger partial charge in [-0.2, -0.15) is 10.2 Å². The van der Waals surface area contributed by atoms with Crippen molar-refractivity contribution in [1.82, 2.24) is 15.5 Å². The maximum absolute atomic E-state index is 11.3. The minimum atomic E-state index is -0.476. The second-order valence-corrected chi connectivity index (χ2v) is 4.88. The maximum Gasteiger partial charge on any atom is 0.407 e. The molecule has 1 N–H and O–H groups in total. The third-order valence-electron chi connectivity index (χ3n) is 1.87. The first kappa shape index (κ1) is 14.2. The van der Waals surface area contributed by atoms with Crippen molar-refractivity contribution in [3.05, 3.63) is 29.6 Å². The number of nitrogens with zero attached hydrogens (tertiary/aromatic N) is 2. The predicted octanol–water partition coefficient (Wildman–Crippen LogP) is 2.32. The van der Waals surface area contributed by atoms with Crippen LogP contribution in [-0.2, 0) is 4.74 Å². The van der Waals surface area contributed by atoms with E-state index in [1.54, 1.807) is 12.2 Å². The number of hydrogen-bond donors (Lipinski definition) is 1. The number of aromatic nitrogens is 2. The molecule has 0 aromatic carbocycles. The van der Waals surface area contributed by atoms with Crippen molar-refractivity contribution < 1.29 is 9.53 Å². The Morgan fingerprint density at radius 2 is 2.11 bits per heavy atom. The van der Waals surface area contributed by atoms with Crippen LogP contribution >= 0.6 is 0 Å². The Hall–Kier alpha value is -1.91. The molecular formula is C13H19N3O2. The maximum atomic E-state index is 11.3. The fourth-order valence-electron chi connectivity index (χ4n) is 1.13. The Kier molecular flexibility index (Phi) is 4.83. The summed E-state index contributed by atoms with van der Waals surface area (Å²) in [5.74, 6) is 0. The lowest BCUT2D eigenvalue weighted by molar-refractivity contribution is 0.0534. The van der Waals surface area contributed by atoms with Gasteiger partial charge in [0.25, 0.3) is 0 Å². The highest BCUT2D eigenvalue weighted by atomic mass is 16.6. The van der Waals surface area contributed by atoms with Crippen LogP contribution in [0.3, 0.4) is 0 Å². The highest BCUT2D eigenvalue weighted by Crippen LogP contribution is 2.06. The molecule has 98 valence electrons. The number of rotatable bonds is 3. The van der Waals surface area contributed by atoms with Crippen LogP contribution in [0.5, 0.6) is 0 Å². The molecule has 0 aliphatic carbocycles. The van der Waals surface area contributed by atoms with Gasteiger partial charge in [-0.15, -0.1) is 0 Å². The Balaban J connectivity index is 2.33. The Morgan fingerprint density at radius 1 is 1.39 bits per heavy atom. The molecule has 1 rings (SSSR count). The number of aryl methyl sites for hydroxylation is 1. The van der Waals surface area contributed by atoms with Crippen molar-refractivity contribution in [1.29, 1.82) is 0 Å². The molecule has 0 radical (unpaired) electrons. The second kappa shape index (κ2) is 6.14. The Labute approximate surface area is 107 Å². The quantitative estimate of drug-likeness (QED) is 0.893. The van der Waals surface area contributed by atoms with Crippen LogP contribution < -0.4 is 5.32 Å². The van der Waals surface area contributed by atoms with E-state index in [0.717, 1.165) is 11.4 Å². The number of alkyl carbamates (subject to hydrolysis) is 1. The molecule has 1 aromatic heterocycles. The number of amides is 1. The Bertz CT molecular complexity index is 419. The van der Waals surface area contributed by atoms with Crippen molar-refractivity contribution in [3.8, 4) is 0 Å². The van der Waals surface area contributed by atoms with Crippen molar-refractivity contribution in [2.45, 2.75) is 33.3 Å². The standard InChI is InChI=1S/C13H19N3O2/c1-10-7-8-11(16-15-10)6-5-9-14-12(17)18-13(2,3)4/h5-8H,9H2,1-4H3,(H,14,17). The molecule has 5 nitrogen and oxygen atoms in total. The van der Waals surface area contributed by atoms with Gasteiger partial charge in [-0.1, -0.05) is 6.08 Å². The van der Waals surface area contributed by atoms with E-state index in [0.29, 0.717) is 6.54 Å². The van der Waals surface area contributed by atoms with Crippen molar-refractivity contribution in [3.63, 3.8) is 0 Å². The lowest BCUT2D eigenvalue weighted by Gasteiger charge is -2.19. The summed E-state index contributed by atoms with van der Waals surface area (Å²) < 4.78 is 5.09. The smallest absolute Gasteiger partial charge is 0.407 e. The van der Waals surface area contributed by atoms with Gasteiger partial charge in [0.1, 0.15) is 5.60 Å². The summed E-state index contributed by atoms with van der Waals surface area (Å²) in [5.41, 5.74) is 1.15. The van der Waals surface area contributed by atoms with Gasteiger partial charge >= 0.3 is 6.09 Å². The van der Waals surface area contributed by atoms with Crippen LogP contribution in [0.1, 0.15) is 32.2 Å². The highest BCUT2D eigenvalue weighted by molar-refractivity contribution is 5.68. The van der Waals surface area contributed by atoms with Gasteiger partial charge in [-0.05, 0) is 45.9 Å². The summed E-state index contributed by atoms with van der Waals surface area (Å²) >= 11 is 0. The van der Waals surface area contributed by atoms with Crippen LogP contribution in [-0.4, -0.2) is 28.4 Å². The summed E-state index contributed by atoms with van der Waals surface area (Å²) in [6, 6.07) is 3.75. The summed E-state index contributed by atoms with van der Waals surface area (Å²) in [6.07, 6.45) is 3.16. The molecule has 1 amide bonds. The minimum absolute atomic E-state index is 0.393. The topological polar surface area (TPSA) is 64.1 Å². The summed E-state index contributed by atoms with van der Waals surface area (Å²) in [6.45, 7) is 7.74. The van der Waals surface area contributed by atoms with Crippen molar-refractivity contribution >= 4 is 12.2 Å². The van der Waals surface area contributed by atoms with Crippen molar-refractivity contribution in [2.75, 3.05) is 6.54 Å². The van der Waals surface area contributed by atoms with Crippen molar-refractivity contribution in [2.24, 2.45) is 0 Å². The monoisotopic (exact) mass is 249 g/mol. The Morgan fingerprint density at radius 3 is 2.67 bits per heavy atom. The molecule has 1 heterocycles. The van der Waals surface area contributed by atoms with E-state index in [9.17, 15) is 4.79 Å². The van der Waals surface area contributed by atoms with Crippen LogP contribution in [0.25, 0.3) is 6.08 Å². The van der Waals surface area contributed by atoms with E-state index < -0.39 is 11.7 Å². The van der Waals surface area contributed by atoms with Gasteiger partial charge in [0.05, 0.1) is 11.4 Å². The van der Waals surface area contributed by atoms with Crippen LogP contribution in [0.4, 0.5) is 4.79 Å². The zero-order chi connectivity index (χ0) is 13.6. The number of hydrogen-bond acceptors (Lipinski definition) is 4.